The lowest BCUT2D eigenvalue weighted by Gasteiger charge is -2.23. The van der Waals surface area contributed by atoms with Crippen LogP contribution in [0.2, 0.25) is 0 Å². The largest absolute Gasteiger partial charge is 0.495 e. The Morgan fingerprint density at radius 3 is 2.52 bits per heavy atom. The lowest BCUT2D eigenvalue weighted by Crippen LogP contribution is -2.38. The molecular formula is C24H35N5O2. The van der Waals surface area contributed by atoms with Gasteiger partial charge in [0.1, 0.15) is 5.75 Å². The lowest BCUT2D eigenvalue weighted by molar-refractivity contribution is -0.114. The van der Waals surface area contributed by atoms with E-state index in [0.717, 1.165) is 44.1 Å². The minimum atomic E-state index is -0.134. The maximum absolute atomic E-state index is 11.4. The van der Waals surface area contributed by atoms with Gasteiger partial charge in [0.05, 0.1) is 19.3 Å². The van der Waals surface area contributed by atoms with Crippen LogP contribution in [0.3, 0.4) is 0 Å². The van der Waals surface area contributed by atoms with Gasteiger partial charge in [0.2, 0.25) is 5.91 Å². The van der Waals surface area contributed by atoms with Crippen LogP contribution >= 0.6 is 0 Å². The zero-order valence-electron chi connectivity index (χ0n) is 19.1. The van der Waals surface area contributed by atoms with Crippen molar-refractivity contribution in [3.05, 3.63) is 54.1 Å². The molecule has 2 aromatic rings. The van der Waals surface area contributed by atoms with E-state index in [2.05, 4.69) is 57.0 Å². The number of rotatable bonds is 11. The molecule has 0 fully saturated rings. The molecule has 2 rings (SSSR count). The summed E-state index contributed by atoms with van der Waals surface area (Å²) < 4.78 is 5.31. The van der Waals surface area contributed by atoms with Crippen LogP contribution < -0.4 is 25.6 Å². The maximum atomic E-state index is 11.4. The highest BCUT2D eigenvalue weighted by molar-refractivity contribution is 5.90. The average Bonchev–Trinajstić information content (AvgIpc) is 2.77. The summed E-state index contributed by atoms with van der Waals surface area (Å²) in [6.45, 7) is 9.78. The van der Waals surface area contributed by atoms with Crippen molar-refractivity contribution in [2.75, 3.05) is 43.5 Å². The molecule has 168 valence electrons. The van der Waals surface area contributed by atoms with E-state index in [9.17, 15) is 4.79 Å². The number of nitrogens with zero attached hydrogens (tertiary/aromatic N) is 2. The van der Waals surface area contributed by atoms with Gasteiger partial charge in [-0.05, 0) is 50.1 Å². The quantitative estimate of drug-likeness (QED) is 0.291. The van der Waals surface area contributed by atoms with Crippen LogP contribution in [0.15, 0.2) is 53.5 Å². The van der Waals surface area contributed by atoms with E-state index in [4.69, 9.17) is 4.74 Å². The number of aliphatic imine (C=N–C) groups is 1. The molecule has 0 aromatic heterocycles. The van der Waals surface area contributed by atoms with Gasteiger partial charge in [0.25, 0.3) is 0 Å². The molecule has 0 unspecified atom stereocenters. The van der Waals surface area contributed by atoms with E-state index < -0.39 is 0 Å². The fraction of sp³-hybridized carbons (Fsp3) is 0.417. The van der Waals surface area contributed by atoms with Gasteiger partial charge in [-0.1, -0.05) is 24.3 Å². The number of anilines is 2. The highest BCUT2D eigenvalue weighted by Gasteiger charge is 2.07. The molecule has 0 atom stereocenters. The predicted octanol–water partition coefficient (Wildman–Crippen LogP) is 3.63. The van der Waals surface area contributed by atoms with E-state index in [0.29, 0.717) is 18.0 Å². The number of nitrogens with one attached hydrogen (secondary N) is 3. The van der Waals surface area contributed by atoms with Crippen molar-refractivity contribution in [2.45, 2.75) is 33.7 Å². The van der Waals surface area contributed by atoms with Crippen molar-refractivity contribution in [3.8, 4) is 5.75 Å². The maximum Gasteiger partial charge on any atom is 0.221 e. The average molecular weight is 426 g/mol. The number of hydrogen-bond acceptors (Lipinski definition) is 4. The zero-order valence-corrected chi connectivity index (χ0v) is 19.1. The van der Waals surface area contributed by atoms with Gasteiger partial charge in [-0.2, -0.15) is 0 Å². The topological polar surface area (TPSA) is 78.0 Å². The highest BCUT2D eigenvalue weighted by Crippen LogP contribution is 2.25. The molecule has 7 heteroatoms. The molecule has 0 bridgehead atoms. The third-order valence-electron chi connectivity index (χ3n) is 4.74. The Bertz CT molecular complexity index is 839. The fourth-order valence-electron chi connectivity index (χ4n) is 3.24. The fourth-order valence-corrected chi connectivity index (χ4v) is 3.24. The Morgan fingerprint density at radius 2 is 1.87 bits per heavy atom. The summed E-state index contributed by atoms with van der Waals surface area (Å²) in [6.07, 6.45) is 1.00. The first-order valence-electron chi connectivity index (χ1n) is 10.8. The third kappa shape index (κ3) is 8.20. The number of methoxy groups -OCH3 is 1. The van der Waals surface area contributed by atoms with Gasteiger partial charge >= 0.3 is 0 Å². The van der Waals surface area contributed by atoms with E-state index >= 15 is 0 Å². The molecular weight excluding hydrogens is 390 g/mol. The summed E-state index contributed by atoms with van der Waals surface area (Å²) in [6, 6.07) is 16.2. The van der Waals surface area contributed by atoms with Gasteiger partial charge in [0, 0.05) is 38.8 Å². The Balaban J connectivity index is 1.92. The SMILES string of the molecule is CCNC(=NCc1ccc(OC)c(NC(C)=O)c1)NCCCN(CC)c1ccccc1. The van der Waals surface area contributed by atoms with Crippen LogP contribution in [0.25, 0.3) is 0 Å². The predicted molar refractivity (Wildman–Crippen MR) is 129 cm³/mol. The van der Waals surface area contributed by atoms with Gasteiger partial charge in [-0.3, -0.25) is 4.79 Å². The molecule has 0 heterocycles. The van der Waals surface area contributed by atoms with Crippen LogP contribution in [0, 0.1) is 0 Å². The minimum Gasteiger partial charge on any atom is -0.495 e. The highest BCUT2D eigenvalue weighted by atomic mass is 16.5. The standard InChI is InChI=1S/C24H35N5O2/c1-5-25-24(26-15-10-16-29(6-2)21-11-8-7-9-12-21)27-18-20-13-14-23(31-4)22(17-20)28-19(3)30/h7-9,11-14,17H,5-6,10,15-16,18H2,1-4H3,(H,28,30)(H2,25,26,27). The molecule has 0 aliphatic heterocycles. The lowest BCUT2D eigenvalue weighted by atomic mass is 10.2. The Morgan fingerprint density at radius 1 is 1.10 bits per heavy atom. The Labute approximate surface area is 185 Å². The van der Waals surface area contributed by atoms with Crippen LogP contribution in [-0.2, 0) is 11.3 Å². The molecule has 0 aliphatic carbocycles. The minimum absolute atomic E-state index is 0.134. The molecule has 2 aromatic carbocycles. The molecule has 0 spiro atoms. The van der Waals surface area contributed by atoms with E-state index in [1.54, 1.807) is 7.11 Å². The number of benzene rings is 2. The zero-order chi connectivity index (χ0) is 22.5. The first-order valence-corrected chi connectivity index (χ1v) is 10.8. The summed E-state index contributed by atoms with van der Waals surface area (Å²) in [5.41, 5.74) is 2.89. The van der Waals surface area contributed by atoms with Crippen LogP contribution in [0.4, 0.5) is 11.4 Å². The monoisotopic (exact) mass is 425 g/mol. The molecule has 31 heavy (non-hydrogen) atoms. The summed E-state index contributed by atoms with van der Waals surface area (Å²) in [4.78, 5) is 18.5. The molecule has 0 aliphatic rings. The van der Waals surface area contributed by atoms with Gasteiger partial charge in [0.15, 0.2) is 5.96 Å². The first kappa shape index (κ1) is 24.1. The van der Waals surface area contributed by atoms with E-state index in [-0.39, 0.29) is 5.91 Å². The number of guanidine groups is 1. The van der Waals surface area contributed by atoms with Crippen molar-refractivity contribution in [3.63, 3.8) is 0 Å². The number of para-hydroxylation sites is 1. The van der Waals surface area contributed by atoms with Crippen molar-refractivity contribution < 1.29 is 9.53 Å². The van der Waals surface area contributed by atoms with Gasteiger partial charge in [-0.25, -0.2) is 4.99 Å². The Hall–Kier alpha value is -3.22. The van der Waals surface area contributed by atoms with Crippen LogP contribution in [-0.4, -0.2) is 45.2 Å². The van der Waals surface area contributed by atoms with Crippen molar-refractivity contribution in [1.82, 2.24) is 10.6 Å². The van der Waals surface area contributed by atoms with Gasteiger partial charge < -0.3 is 25.6 Å². The first-order chi connectivity index (χ1) is 15.1. The van der Waals surface area contributed by atoms with Crippen LogP contribution in [0.5, 0.6) is 5.75 Å². The number of ether oxygens (including phenoxy) is 1. The summed E-state index contributed by atoms with van der Waals surface area (Å²) >= 11 is 0. The number of hydrogen-bond donors (Lipinski definition) is 3. The van der Waals surface area contributed by atoms with Crippen molar-refractivity contribution in [1.29, 1.82) is 0 Å². The number of carbonyl (C=O) groups excluding carboxylic acids is 1. The second-order valence-electron chi connectivity index (χ2n) is 7.11. The molecule has 1 amide bonds. The van der Waals surface area contributed by atoms with Crippen LogP contribution in [0.1, 0.15) is 32.8 Å². The van der Waals surface area contributed by atoms with E-state index in [1.165, 1.54) is 12.6 Å². The Kier molecular flexibility index (Phi) is 10.2. The van der Waals surface area contributed by atoms with Gasteiger partial charge in [-0.15, -0.1) is 0 Å². The molecule has 0 saturated heterocycles. The second-order valence-corrected chi connectivity index (χ2v) is 7.11. The van der Waals surface area contributed by atoms with Crippen molar-refractivity contribution in [2.24, 2.45) is 4.99 Å². The molecule has 0 radical (unpaired) electrons. The summed E-state index contributed by atoms with van der Waals surface area (Å²) in [5.74, 6) is 1.28. The molecule has 7 nitrogen and oxygen atoms in total. The normalized spacial score (nSPS) is 11.0. The van der Waals surface area contributed by atoms with Crippen molar-refractivity contribution >= 4 is 23.2 Å². The smallest absolute Gasteiger partial charge is 0.221 e. The summed E-state index contributed by atoms with van der Waals surface area (Å²) in [5, 5.41) is 9.50. The van der Waals surface area contributed by atoms with E-state index in [1.807, 2.05) is 31.2 Å². The number of carbonyl (C=O) groups is 1. The third-order valence-corrected chi connectivity index (χ3v) is 4.74. The number of amides is 1. The molecule has 3 N–H and O–H groups in total. The second kappa shape index (κ2) is 13.2. The molecule has 0 saturated carbocycles. The summed E-state index contributed by atoms with van der Waals surface area (Å²) in [7, 11) is 1.59.